The maximum absolute atomic E-state index is 5.96. The average molecular weight is 367 g/mol. The van der Waals surface area contributed by atoms with Crippen LogP contribution < -0.4 is 5.73 Å². The largest absolute Gasteiger partial charge is 0.379 e. The minimum absolute atomic E-state index is 0. The van der Waals surface area contributed by atoms with Crippen LogP contribution in [0.4, 0.5) is 0 Å². The lowest BCUT2D eigenvalue weighted by atomic mass is 10.2. The fourth-order valence-corrected chi connectivity index (χ4v) is 1.89. The van der Waals surface area contributed by atoms with Gasteiger partial charge in [-0.15, -0.1) is 30.6 Å². The van der Waals surface area contributed by atoms with E-state index in [9.17, 15) is 0 Å². The van der Waals surface area contributed by atoms with Crippen LogP contribution in [0.5, 0.6) is 0 Å². The number of halogens is 1. The van der Waals surface area contributed by atoms with E-state index in [4.69, 9.17) is 10.5 Å². The summed E-state index contributed by atoms with van der Waals surface area (Å²) in [6.45, 7) is 7.76. The number of guanidine groups is 1. The van der Waals surface area contributed by atoms with Gasteiger partial charge in [0.1, 0.15) is 0 Å². The van der Waals surface area contributed by atoms with E-state index in [1.807, 2.05) is 6.08 Å². The van der Waals surface area contributed by atoms with E-state index in [-0.39, 0.29) is 24.0 Å². The molecule has 0 aliphatic carbocycles. The van der Waals surface area contributed by atoms with Crippen LogP contribution in [-0.2, 0) is 4.74 Å². The highest BCUT2D eigenvalue weighted by molar-refractivity contribution is 14.0. The molecule has 0 saturated carbocycles. The first-order valence-corrected chi connectivity index (χ1v) is 6.58. The number of likely N-dealkylation sites (tertiary alicyclic amines) is 1. The molecule has 0 unspecified atom stereocenters. The van der Waals surface area contributed by atoms with Gasteiger partial charge in [-0.05, 0) is 19.3 Å². The van der Waals surface area contributed by atoms with Gasteiger partial charge in [0.25, 0.3) is 0 Å². The smallest absolute Gasteiger partial charge is 0.191 e. The lowest BCUT2D eigenvalue weighted by molar-refractivity contribution is 0.146. The van der Waals surface area contributed by atoms with Crippen LogP contribution in [0, 0.1) is 0 Å². The molecule has 1 rings (SSSR count). The maximum Gasteiger partial charge on any atom is 0.191 e. The molecule has 1 aliphatic rings. The van der Waals surface area contributed by atoms with Crippen LogP contribution in [0.1, 0.15) is 32.1 Å². The minimum atomic E-state index is 0. The molecule has 1 heterocycles. The zero-order valence-electron chi connectivity index (χ0n) is 11.1. The Morgan fingerprint density at radius 2 is 1.89 bits per heavy atom. The highest BCUT2D eigenvalue weighted by Crippen LogP contribution is 2.08. The van der Waals surface area contributed by atoms with E-state index < -0.39 is 0 Å². The van der Waals surface area contributed by atoms with E-state index in [0.29, 0.717) is 19.1 Å². The van der Waals surface area contributed by atoms with Gasteiger partial charge in [-0.3, -0.25) is 4.99 Å². The van der Waals surface area contributed by atoms with Crippen LogP contribution >= 0.6 is 24.0 Å². The molecular formula is C13H26IN3O. The Bertz CT molecular complexity index is 238. The molecule has 4 nitrogen and oxygen atoms in total. The van der Waals surface area contributed by atoms with Crippen molar-refractivity contribution >= 4 is 29.9 Å². The van der Waals surface area contributed by atoms with Crippen LogP contribution in [0.25, 0.3) is 0 Å². The molecule has 0 atom stereocenters. The van der Waals surface area contributed by atoms with Gasteiger partial charge < -0.3 is 15.4 Å². The molecule has 0 amide bonds. The summed E-state index contributed by atoms with van der Waals surface area (Å²) in [5.74, 6) is 0.680. The highest BCUT2D eigenvalue weighted by atomic mass is 127. The van der Waals surface area contributed by atoms with Crippen LogP contribution in [0.3, 0.4) is 0 Å². The molecule has 5 heteroatoms. The Morgan fingerprint density at radius 1 is 1.22 bits per heavy atom. The van der Waals surface area contributed by atoms with E-state index in [1.165, 1.54) is 25.7 Å². The summed E-state index contributed by atoms with van der Waals surface area (Å²) >= 11 is 0. The monoisotopic (exact) mass is 367 g/mol. The van der Waals surface area contributed by atoms with Crippen molar-refractivity contribution in [2.75, 3.05) is 32.8 Å². The van der Waals surface area contributed by atoms with Gasteiger partial charge in [0.05, 0.1) is 19.8 Å². The van der Waals surface area contributed by atoms with Crippen LogP contribution in [-0.4, -0.2) is 43.7 Å². The Hall–Kier alpha value is -0.300. The predicted molar refractivity (Wildman–Crippen MR) is 87.6 cm³/mol. The zero-order chi connectivity index (χ0) is 12.3. The van der Waals surface area contributed by atoms with E-state index in [1.54, 1.807) is 0 Å². The van der Waals surface area contributed by atoms with Crippen molar-refractivity contribution in [1.82, 2.24) is 4.90 Å². The second kappa shape index (κ2) is 11.8. The first-order chi connectivity index (χ1) is 8.34. The van der Waals surface area contributed by atoms with Gasteiger partial charge in [-0.1, -0.05) is 18.9 Å². The summed E-state index contributed by atoms with van der Waals surface area (Å²) in [7, 11) is 0. The number of hydrogen-bond acceptors (Lipinski definition) is 2. The fraction of sp³-hybridized carbons (Fsp3) is 0.769. The third kappa shape index (κ3) is 7.92. The Morgan fingerprint density at radius 3 is 2.50 bits per heavy atom. The van der Waals surface area contributed by atoms with Gasteiger partial charge in [-0.2, -0.15) is 0 Å². The van der Waals surface area contributed by atoms with Crippen LogP contribution in [0.2, 0.25) is 0 Å². The van der Waals surface area contributed by atoms with E-state index in [2.05, 4.69) is 16.5 Å². The predicted octanol–water partition coefficient (Wildman–Crippen LogP) is 2.39. The molecule has 2 N–H and O–H groups in total. The Kier molecular flexibility index (Phi) is 11.6. The number of ether oxygens (including phenoxy) is 1. The molecule has 106 valence electrons. The van der Waals surface area contributed by atoms with Gasteiger partial charge in [0.2, 0.25) is 0 Å². The molecule has 18 heavy (non-hydrogen) atoms. The number of rotatable bonds is 6. The number of nitrogens with zero attached hydrogens (tertiary/aromatic N) is 2. The molecule has 1 aliphatic heterocycles. The minimum Gasteiger partial charge on any atom is -0.379 e. The molecule has 0 spiro atoms. The third-order valence-corrected chi connectivity index (χ3v) is 2.91. The van der Waals surface area contributed by atoms with Gasteiger partial charge >= 0.3 is 0 Å². The number of hydrogen-bond donors (Lipinski definition) is 1. The Balaban J connectivity index is 0.00000289. The Labute approximate surface area is 128 Å². The van der Waals surface area contributed by atoms with Crippen LogP contribution in [0.15, 0.2) is 17.6 Å². The summed E-state index contributed by atoms with van der Waals surface area (Å²) in [6.07, 6.45) is 7.83. The summed E-state index contributed by atoms with van der Waals surface area (Å²) in [6, 6.07) is 0. The third-order valence-electron chi connectivity index (χ3n) is 2.91. The van der Waals surface area contributed by atoms with Crippen molar-refractivity contribution in [2.24, 2.45) is 10.7 Å². The summed E-state index contributed by atoms with van der Waals surface area (Å²) in [5.41, 5.74) is 5.96. The fourth-order valence-electron chi connectivity index (χ4n) is 1.89. The maximum atomic E-state index is 5.96. The van der Waals surface area contributed by atoms with Crippen molar-refractivity contribution in [1.29, 1.82) is 0 Å². The highest BCUT2D eigenvalue weighted by Gasteiger charge is 2.10. The SMILES string of the molecule is C=CCCOCCN=C(N)N1CCCCCC1.I. The first kappa shape index (κ1) is 17.7. The standard InChI is InChI=1S/C13H25N3O.HI/c1-2-3-11-17-12-8-15-13(14)16-9-6-4-5-7-10-16;/h2H,1,3-12H2,(H2,14,15);1H. The van der Waals surface area contributed by atoms with E-state index in [0.717, 1.165) is 26.1 Å². The zero-order valence-corrected chi connectivity index (χ0v) is 13.5. The molecule has 1 fully saturated rings. The summed E-state index contributed by atoms with van der Waals surface area (Å²) < 4.78 is 5.38. The first-order valence-electron chi connectivity index (χ1n) is 6.58. The number of nitrogens with two attached hydrogens (primary N) is 1. The topological polar surface area (TPSA) is 50.9 Å². The molecule has 1 saturated heterocycles. The van der Waals surface area contributed by atoms with E-state index >= 15 is 0 Å². The summed E-state index contributed by atoms with van der Waals surface area (Å²) in [4.78, 5) is 6.55. The second-order valence-corrected chi connectivity index (χ2v) is 4.33. The summed E-state index contributed by atoms with van der Waals surface area (Å²) in [5, 5.41) is 0. The molecule has 0 aromatic carbocycles. The molecular weight excluding hydrogens is 341 g/mol. The number of aliphatic imine (C=N–C) groups is 1. The van der Waals surface area contributed by atoms with Crippen molar-refractivity contribution in [3.05, 3.63) is 12.7 Å². The van der Waals surface area contributed by atoms with Gasteiger partial charge in [-0.25, -0.2) is 0 Å². The average Bonchev–Trinajstić information content (AvgIpc) is 2.62. The van der Waals surface area contributed by atoms with Crippen molar-refractivity contribution in [2.45, 2.75) is 32.1 Å². The molecule has 0 aromatic heterocycles. The quantitative estimate of drug-likeness (QED) is 0.258. The van der Waals surface area contributed by atoms with Crippen molar-refractivity contribution < 1.29 is 4.74 Å². The molecule has 0 bridgehead atoms. The molecule has 0 radical (unpaired) electrons. The van der Waals surface area contributed by atoms with Crippen molar-refractivity contribution in [3.63, 3.8) is 0 Å². The van der Waals surface area contributed by atoms with Crippen molar-refractivity contribution in [3.8, 4) is 0 Å². The van der Waals surface area contributed by atoms with Gasteiger partial charge in [0.15, 0.2) is 5.96 Å². The molecule has 0 aromatic rings. The normalized spacial score (nSPS) is 16.9. The lowest BCUT2D eigenvalue weighted by Gasteiger charge is -2.21. The second-order valence-electron chi connectivity index (χ2n) is 4.33. The van der Waals surface area contributed by atoms with Gasteiger partial charge in [0, 0.05) is 13.1 Å². The lowest BCUT2D eigenvalue weighted by Crippen LogP contribution is -2.38.